The Morgan fingerprint density at radius 2 is 1.77 bits per heavy atom. The molecule has 0 radical (unpaired) electrons. The largest absolute Gasteiger partial charge is 0.491 e. The van der Waals surface area contributed by atoms with Crippen molar-refractivity contribution in [2.75, 3.05) is 25.6 Å². The van der Waals surface area contributed by atoms with E-state index in [0.717, 1.165) is 5.56 Å². The lowest BCUT2D eigenvalue weighted by Crippen LogP contribution is -2.34. The van der Waals surface area contributed by atoms with Gasteiger partial charge in [0, 0.05) is 31.0 Å². The summed E-state index contributed by atoms with van der Waals surface area (Å²) in [6.45, 7) is 6.55. The average Bonchev–Trinajstić information content (AvgIpc) is 2.95. The number of imide groups is 1. The number of methoxy groups -OCH3 is 1. The van der Waals surface area contributed by atoms with Crippen LogP contribution in [0.25, 0.3) is 5.57 Å². The number of anilines is 1. The van der Waals surface area contributed by atoms with Crippen LogP contribution in [0.5, 0.6) is 5.75 Å². The molecule has 0 saturated heterocycles. The molecule has 0 saturated carbocycles. The van der Waals surface area contributed by atoms with E-state index in [-0.39, 0.29) is 30.2 Å². The highest BCUT2D eigenvalue weighted by Gasteiger charge is 2.39. The maximum absolute atomic E-state index is 13.2. The third kappa shape index (κ3) is 5.27. The van der Waals surface area contributed by atoms with Crippen LogP contribution in [0, 0.1) is 6.92 Å². The van der Waals surface area contributed by atoms with Gasteiger partial charge < -0.3 is 14.8 Å². The number of hydrogen-bond donors (Lipinski definition) is 1. The van der Waals surface area contributed by atoms with Crippen LogP contribution in [-0.2, 0) is 14.3 Å². The zero-order valence-electron chi connectivity index (χ0n) is 18.2. The molecule has 6 nitrogen and oxygen atoms in total. The minimum atomic E-state index is -0.363. The molecule has 31 heavy (non-hydrogen) atoms. The van der Waals surface area contributed by atoms with Crippen molar-refractivity contribution in [3.63, 3.8) is 0 Å². The first kappa shape index (κ1) is 22.8. The molecular formula is C24H27ClN2O4. The van der Waals surface area contributed by atoms with Crippen molar-refractivity contribution >= 4 is 34.7 Å². The van der Waals surface area contributed by atoms with Crippen LogP contribution in [0.4, 0.5) is 5.69 Å². The van der Waals surface area contributed by atoms with E-state index < -0.39 is 0 Å². The van der Waals surface area contributed by atoms with Gasteiger partial charge in [0.2, 0.25) is 0 Å². The number of benzene rings is 2. The molecule has 164 valence electrons. The topological polar surface area (TPSA) is 67.9 Å². The zero-order valence-corrected chi connectivity index (χ0v) is 19.0. The molecule has 1 aliphatic heterocycles. The van der Waals surface area contributed by atoms with Gasteiger partial charge in [-0.15, -0.1) is 0 Å². The number of carbonyl (C=O) groups is 2. The molecule has 0 aromatic heterocycles. The van der Waals surface area contributed by atoms with Crippen molar-refractivity contribution in [1.82, 2.24) is 4.90 Å². The maximum Gasteiger partial charge on any atom is 0.278 e. The summed E-state index contributed by atoms with van der Waals surface area (Å²) in [6, 6.07) is 12.6. The molecule has 0 atom stereocenters. The highest BCUT2D eigenvalue weighted by molar-refractivity contribution is 6.36. The van der Waals surface area contributed by atoms with Gasteiger partial charge >= 0.3 is 0 Å². The number of aryl methyl sites for hydroxylation is 1. The van der Waals surface area contributed by atoms with Crippen LogP contribution in [0.3, 0.4) is 0 Å². The van der Waals surface area contributed by atoms with E-state index in [4.69, 9.17) is 21.1 Å². The molecule has 1 aliphatic rings. The number of nitrogens with one attached hydrogen (secondary N) is 1. The number of amides is 2. The highest BCUT2D eigenvalue weighted by Crippen LogP contribution is 2.33. The standard InChI is InChI=1S/C24H27ClN2O4/c1-15(2)31-19-10-7-17(8-11-19)21-22(26-20-14-18(25)9-6-16(20)3)24(29)27(23(21)28)12-5-13-30-4/h6-11,14-15,26H,5,12-13H2,1-4H3. The Labute approximate surface area is 187 Å². The lowest BCUT2D eigenvalue weighted by atomic mass is 10.0. The van der Waals surface area contributed by atoms with E-state index in [0.29, 0.717) is 40.6 Å². The van der Waals surface area contributed by atoms with Gasteiger partial charge in [0.1, 0.15) is 11.4 Å². The van der Waals surface area contributed by atoms with E-state index in [2.05, 4.69) is 5.32 Å². The average molecular weight is 443 g/mol. The Balaban J connectivity index is 2.00. The number of halogens is 1. The summed E-state index contributed by atoms with van der Waals surface area (Å²) in [5, 5.41) is 3.71. The second-order valence-corrected chi connectivity index (χ2v) is 8.07. The Bertz CT molecular complexity index is 999. The fourth-order valence-corrected chi connectivity index (χ4v) is 3.54. The number of carbonyl (C=O) groups excluding carboxylic acids is 2. The second-order valence-electron chi connectivity index (χ2n) is 7.63. The molecule has 2 aromatic rings. The summed E-state index contributed by atoms with van der Waals surface area (Å²) in [5.41, 5.74) is 2.81. The van der Waals surface area contributed by atoms with E-state index in [1.807, 2.05) is 26.8 Å². The number of ether oxygens (including phenoxy) is 2. The van der Waals surface area contributed by atoms with Gasteiger partial charge in [-0.1, -0.05) is 29.8 Å². The number of nitrogens with zero attached hydrogens (tertiary/aromatic N) is 1. The molecule has 7 heteroatoms. The monoisotopic (exact) mass is 442 g/mol. The molecule has 2 amide bonds. The van der Waals surface area contributed by atoms with Gasteiger partial charge in [-0.25, -0.2) is 0 Å². The summed E-state index contributed by atoms with van der Waals surface area (Å²) in [7, 11) is 1.59. The number of rotatable bonds is 9. The molecule has 2 aromatic carbocycles. The van der Waals surface area contributed by atoms with Crippen LogP contribution >= 0.6 is 11.6 Å². The molecule has 0 bridgehead atoms. The van der Waals surface area contributed by atoms with E-state index in [9.17, 15) is 9.59 Å². The first-order valence-electron chi connectivity index (χ1n) is 10.2. The predicted octanol–water partition coefficient (Wildman–Crippen LogP) is 4.66. The van der Waals surface area contributed by atoms with Crippen LogP contribution in [-0.4, -0.2) is 43.1 Å². The first-order valence-corrected chi connectivity index (χ1v) is 10.6. The second kappa shape index (κ2) is 9.98. The van der Waals surface area contributed by atoms with Gasteiger partial charge in [0.05, 0.1) is 11.7 Å². The Hall–Kier alpha value is -2.83. The Morgan fingerprint density at radius 1 is 1.06 bits per heavy atom. The first-order chi connectivity index (χ1) is 14.8. The van der Waals surface area contributed by atoms with E-state index in [1.54, 1.807) is 43.5 Å². The quantitative estimate of drug-likeness (QED) is 0.451. The molecule has 0 unspecified atom stereocenters. The van der Waals surface area contributed by atoms with Gasteiger partial charge in [-0.3, -0.25) is 14.5 Å². The molecule has 1 N–H and O–H groups in total. The van der Waals surface area contributed by atoms with Crippen LogP contribution in [0.15, 0.2) is 48.2 Å². The zero-order chi connectivity index (χ0) is 22.5. The molecule has 1 heterocycles. The summed E-state index contributed by atoms with van der Waals surface area (Å²) in [5.74, 6) is 0.00654. The van der Waals surface area contributed by atoms with Crippen molar-refractivity contribution in [3.05, 3.63) is 64.3 Å². The van der Waals surface area contributed by atoms with Crippen molar-refractivity contribution in [2.24, 2.45) is 0 Å². The summed E-state index contributed by atoms with van der Waals surface area (Å²) in [6.07, 6.45) is 0.602. The fraction of sp³-hybridized carbons (Fsp3) is 0.333. The smallest absolute Gasteiger partial charge is 0.278 e. The molecule has 0 fully saturated rings. The minimum absolute atomic E-state index is 0.0408. The summed E-state index contributed by atoms with van der Waals surface area (Å²) >= 11 is 6.15. The Kier molecular flexibility index (Phi) is 7.36. The van der Waals surface area contributed by atoms with Gasteiger partial charge in [-0.05, 0) is 62.6 Å². The number of hydrogen-bond acceptors (Lipinski definition) is 5. The molecule has 3 rings (SSSR count). The van der Waals surface area contributed by atoms with Gasteiger partial charge in [0.15, 0.2) is 0 Å². The third-order valence-electron chi connectivity index (χ3n) is 4.87. The van der Waals surface area contributed by atoms with Gasteiger partial charge in [0.25, 0.3) is 11.8 Å². The maximum atomic E-state index is 13.2. The lowest BCUT2D eigenvalue weighted by Gasteiger charge is -2.15. The van der Waals surface area contributed by atoms with Crippen molar-refractivity contribution < 1.29 is 19.1 Å². The van der Waals surface area contributed by atoms with Crippen molar-refractivity contribution in [3.8, 4) is 5.75 Å². The van der Waals surface area contributed by atoms with Gasteiger partial charge in [-0.2, -0.15) is 0 Å². The molecular weight excluding hydrogens is 416 g/mol. The lowest BCUT2D eigenvalue weighted by molar-refractivity contribution is -0.136. The van der Waals surface area contributed by atoms with Crippen LogP contribution in [0.1, 0.15) is 31.4 Å². The molecule has 0 aliphatic carbocycles. The fourth-order valence-electron chi connectivity index (χ4n) is 3.37. The summed E-state index contributed by atoms with van der Waals surface area (Å²) in [4.78, 5) is 27.7. The third-order valence-corrected chi connectivity index (χ3v) is 5.11. The van der Waals surface area contributed by atoms with Crippen molar-refractivity contribution in [1.29, 1.82) is 0 Å². The Morgan fingerprint density at radius 3 is 2.42 bits per heavy atom. The normalized spacial score (nSPS) is 14.1. The molecule has 0 spiro atoms. The van der Waals surface area contributed by atoms with Crippen LogP contribution in [0.2, 0.25) is 5.02 Å². The van der Waals surface area contributed by atoms with E-state index in [1.165, 1.54) is 4.90 Å². The van der Waals surface area contributed by atoms with Crippen LogP contribution < -0.4 is 10.1 Å². The summed E-state index contributed by atoms with van der Waals surface area (Å²) < 4.78 is 10.8. The SMILES string of the molecule is COCCCN1C(=O)C(Nc2cc(Cl)ccc2C)=C(c2ccc(OC(C)C)cc2)C1=O. The van der Waals surface area contributed by atoms with E-state index >= 15 is 0 Å². The minimum Gasteiger partial charge on any atom is -0.491 e. The van der Waals surface area contributed by atoms with Crippen molar-refractivity contribution in [2.45, 2.75) is 33.3 Å². The highest BCUT2D eigenvalue weighted by atomic mass is 35.5. The predicted molar refractivity (Wildman–Crippen MR) is 122 cm³/mol.